The van der Waals surface area contributed by atoms with Crippen LogP contribution in [0.1, 0.15) is 26.2 Å². The SMILES string of the molecule is C[C@H]1Oc2ccccc2N(CCC(=O)N[C@@H]2CCC(=O)NC2)C1=O. The molecule has 1 aromatic carbocycles. The van der Waals surface area contributed by atoms with E-state index in [-0.39, 0.29) is 30.2 Å². The maximum atomic E-state index is 12.3. The minimum Gasteiger partial charge on any atom is -0.479 e. The van der Waals surface area contributed by atoms with E-state index in [2.05, 4.69) is 10.6 Å². The van der Waals surface area contributed by atoms with Crippen molar-refractivity contribution < 1.29 is 19.1 Å². The third kappa shape index (κ3) is 3.50. The first-order valence-corrected chi connectivity index (χ1v) is 8.17. The van der Waals surface area contributed by atoms with Crippen LogP contribution in [0, 0.1) is 0 Å². The van der Waals surface area contributed by atoms with E-state index in [1.165, 1.54) is 0 Å². The van der Waals surface area contributed by atoms with Gasteiger partial charge in [-0.25, -0.2) is 0 Å². The van der Waals surface area contributed by atoms with Crippen molar-refractivity contribution in [2.45, 2.75) is 38.3 Å². The predicted molar refractivity (Wildman–Crippen MR) is 87.7 cm³/mol. The molecule has 0 bridgehead atoms. The Morgan fingerprint density at radius 1 is 1.38 bits per heavy atom. The van der Waals surface area contributed by atoms with Crippen molar-refractivity contribution in [2.75, 3.05) is 18.0 Å². The molecule has 1 saturated heterocycles. The summed E-state index contributed by atoms with van der Waals surface area (Å²) in [7, 11) is 0. The zero-order chi connectivity index (χ0) is 17.1. The highest BCUT2D eigenvalue weighted by molar-refractivity contribution is 6.00. The molecule has 2 N–H and O–H groups in total. The lowest BCUT2D eigenvalue weighted by molar-refractivity contribution is -0.126. The molecule has 0 saturated carbocycles. The molecule has 0 radical (unpaired) electrons. The Balaban J connectivity index is 1.58. The Labute approximate surface area is 140 Å². The first kappa shape index (κ1) is 16.3. The van der Waals surface area contributed by atoms with Gasteiger partial charge in [-0.2, -0.15) is 0 Å². The molecular weight excluding hydrogens is 310 g/mol. The summed E-state index contributed by atoms with van der Waals surface area (Å²) >= 11 is 0. The average molecular weight is 331 g/mol. The molecule has 7 nitrogen and oxygen atoms in total. The van der Waals surface area contributed by atoms with Gasteiger partial charge in [0.25, 0.3) is 5.91 Å². The Morgan fingerprint density at radius 3 is 2.92 bits per heavy atom. The van der Waals surface area contributed by atoms with Crippen LogP contribution in [0.5, 0.6) is 5.75 Å². The quantitative estimate of drug-likeness (QED) is 0.845. The van der Waals surface area contributed by atoms with Crippen molar-refractivity contribution in [3.05, 3.63) is 24.3 Å². The van der Waals surface area contributed by atoms with E-state index in [1.807, 2.05) is 24.3 Å². The number of nitrogens with one attached hydrogen (secondary N) is 2. The van der Waals surface area contributed by atoms with Gasteiger partial charge in [-0.15, -0.1) is 0 Å². The molecule has 2 atom stereocenters. The van der Waals surface area contributed by atoms with E-state index >= 15 is 0 Å². The molecule has 1 aromatic rings. The molecule has 1 fully saturated rings. The van der Waals surface area contributed by atoms with Gasteiger partial charge >= 0.3 is 0 Å². The van der Waals surface area contributed by atoms with Gasteiger partial charge in [0, 0.05) is 32.0 Å². The number of hydrogen-bond donors (Lipinski definition) is 2. The lowest BCUT2D eigenvalue weighted by Gasteiger charge is -2.33. The summed E-state index contributed by atoms with van der Waals surface area (Å²) in [5.74, 6) is 0.400. The zero-order valence-corrected chi connectivity index (χ0v) is 13.6. The first-order chi connectivity index (χ1) is 11.5. The van der Waals surface area contributed by atoms with Crippen molar-refractivity contribution >= 4 is 23.4 Å². The summed E-state index contributed by atoms with van der Waals surface area (Å²) < 4.78 is 5.58. The molecule has 0 aromatic heterocycles. The van der Waals surface area contributed by atoms with Crippen LogP contribution in [-0.2, 0) is 14.4 Å². The van der Waals surface area contributed by atoms with Crippen molar-refractivity contribution in [1.82, 2.24) is 10.6 Å². The first-order valence-electron chi connectivity index (χ1n) is 8.17. The number of carbonyl (C=O) groups excluding carboxylic acids is 3. The molecule has 3 amide bonds. The molecule has 0 unspecified atom stereocenters. The lowest BCUT2D eigenvalue weighted by Crippen LogP contribution is -2.49. The average Bonchev–Trinajstić information content (AvgIpc) is 2.57. The largest absolute Gasteiger partial charge is 0.479 e. The van der Waals surface area contributed by atoms with Crippen molar-refractivity contribution in [3.8, 4) is 5.75 Å². The van der Waals surface area contributed by atoms with Gasteiger partial charge in [-0.05, 0) is 25.5 Å². The van der Waals surface area contributed by atoms with Gasteiger partial charge < -0.3 is 20.3 Å². The Morgan fingerprint density at radius 2 is 2.17 bits per heavy atom. The predicted octanol–water partition coefficient (Wildman–Crippen LogP) is 0.585. The summed E-state index contributed by atoms with van der Waals surface area (Å²) in [5, 5.41) is 5.64. The maximum Gasteiger partial charge on any atom is 0.267 e. The number of ether oxygens (including phenoxy) is 1. The van der Waals surface area contributed by atoms with E-state index in [4.69, 9.17) is 4.74 Å². The van der Waals surface area contributed by atoms with Crippen LogP contribution in [-0.4, -0.2) is 43.0 Å². The monoisotopic (exact) mass is 331 g/mol. The highest BCUT2D eigenvalue weighted by Gasteiger charge is 2.31. The second-order valence-corrected chi connectivity index (χ2v) is 6.07. The normalized spacial score (nSPS) is 23.1. The second-order valence-electron chi connectivity index (χ2n) is 6.07. The van der Waals surface area contributed by atoms with Gasteiger partial charge in [0.2, 0.25) is 11.8 Å². The number of amides is 3. The van der Waals surface area contributed by atoms with Crippen molar-refractivity contribution in [2.24, 2.45) is 0 Å². The molecule has 0 aliphatic carbocycles. The summed E-state index contributed by atoms with van der Waals surface area (Å²) in [6, 6.07) is 7.28. The molecule has 0 spiro atoms. The Bertz CT molecular complexity index is 651. The molecule has 2 aliphatic rings. The molecule has 128 valence electrons. The minimum absolute atomic E-state index is 0.0185. The highest BCUT2D eigenvalue weighted by atomic mass is 16.5. The number of rotatable bonds is 4. The molecule has 2 aliphatic heterocycles. The Kier molecular flexibility index (Phi) is 4.69. The number of para-hydroxylation sites is 2. The van der Waals surface area contributed by atoms with E-state index in [0.29, 0.717) is 37.4 Å². The summed E-state index contributed by atoms with van der Waals surface area (Å²) in [6.07, 6.45) is 0.722. The van der Waals surface area contributed by atoms with Gasteiger partial charge in [0.1, 0.15) is 5.75 Å². The molecule has 7 heteroatoms. The number of anilines is 1. The number of benzene rings is 1. The third-order valence-electron chi connectivity index (χ3n) is 4.27. The van der Waals surface area contributed by atoms with Crippen LogP contribution in [0.15, 0.2) is 24.3 Å². The number of carbonyl (C=O) groups is 3. The molecular formula is C17H21N3O4. The van der Waals surface area contributed by atoms with Crippen LogP contribution in [0.3, 0.4) is 0 Å². The Hall–Kier alpha value is -2.57. The van der Waals surface area contributed by atoms with E-state index in [9.17, 15) is 14.4 Å². The molecule has 24 heavy (non-hydrogen) atoms. The lowest BCUT2D eigenvalue weighted by atomic mass is 10.1. The van der Waals surface area contributed by atoms with Crippen LogP contribution in [0.2, 0.25) is 0 Å². The summed E-state index contributed by atoms with van der Waals surface area (Å²) in [5.41, 5.74) is 0.693. The number of piperidine rings is 1. The third-order valence-corrected chi connectivity index (χ3v) is 4.27. The fraction of sp³-hybridized carbons (Fsp3) is 0.471. The van der Waals surface area contributed by atoms with Crippen LogP contribution in [0.4, 0.5) is 5.69 Å². The fourth-order valence-electron chi connectivity index (χ4n) is 2.96. The number of fused-ring (bicyclic) bond motifs is 1. The van der Waals surface area contributed by atoms with Crippen molar-refractivity contribution in [3.63, 3.8) is 0 Å². The number of nitrogens with zero attached hydrogens (tertiary/aromatic N) is 1. The van der Waals surface area contributed by atoms with Crippen LogP contribution < -0.4 is 20.3 Å². The van der Waals surface area contributed by atoms with Gasteiger partial charge in [-0.1, -0.05) is 12.1 Å². The van der Waals surface area contributed by atoms with Gasteiger partial charge in [-0.3, -0.25) is 14.4 Å². The van der Waals surface area contributed by atoms with Gasteiger partial charge in [0.15, 0.2) is 6.10 Å². The summed E-state index contributed by atoms with van der Waals surface area (Å²) in [4.78, 5) is 37.2. The van der Waals surface area contributed by atoms with Gasteiger partial charge in [0.05, 0.1) is 5.69 Å². The second kappa shape index (κ2) is 6.90. The fourth-order valence-corrected chi connectivity index (χ4v) is 2.96. The summed E-state index contributed by atoms with van der Waals surface area (Å²) in [6.45, 7) is 2.46. The zero-order valence-electron chi connectivity index (χ0n) is 13.6. The number of hydrogen-bond acceptors (Lipinski definition) is 4. The van der Waals surface area contributed by atoms with Crippen molar-refractivity contribution in [1.29, 1.82) is 0 Å². The minimum atomic E-state index is -0.559. The molecule has 3 rings (SSSR count). The van der Waals surface area contributed by atoms with E-state index < -0.39 is 6.10 Å². The topological polar surface area (TPSA) is 87.7 Å². The maximum absolute atomic E-state index is 12.3. The standard InChI is InChI=1S/C17H21N3O4/c1-11-17(23)20(13-4-2-3-5-14(13)24-11)9-8-16(22)19-12-6-7-15(21)18-10-12/h2-5,11-12H,6-10H2,1H3,(H,18,21)(H,19,22)/t11-,12-/m1/s1. The molecule has 2 heterocycles. The van der Waals surface area contributed by atoms with Crippen LogP contribution in [0.25, 0.3) is 0 Å². The highest BCUT2D eigenvalue weighted by Crippen LogP contribution is 2.33. The van der Waals surface area contributed by atoms with E-state index in [0.717, 1.165) is 0 Å². The van der Waals surface area contributed by atoms with Crippen LogP contribution >= 0.6 is 0 Å². The van der Waals surface area contributed by atoms with E-state index in [1.54, 1.807) is 11.8 Å². The smallest absolute Gasteiger partial charge is 0.267 e.